The lowest BCUT2D eigenvalue weighted by molar-refractivity contribution is -0.235. The highest BCUT2D eigenvalue weighted by molar-refractivity contribution is 5.90. The zero-order chi connectivity index (χ0) is 43.9. The smallest absolute Gasteiger partial charge is 0.333 e. The SMILES string of the molecule is COC(=O)C1=CC[C@@]23CC[C@@H]([C@@](C)(/C=C/C=C(\C)C(=O)OCCCCCCCCCCCCCCCC(C)C)OC2=O)[C@@]3(OC(C)=O)CC1.NCCCCC(N)C(=O)O. The third kappa shape index (κ3) is 16.1. The molecular formula is C47H78N2O10. The molecule has 0 amide bonds. The van der Waals surface area contributed by atoms with Gasteiger partial charge in [0, 0.05) is 24.0 Å². The first kappa shape index (κ1) is 51.6. The van der Waals surface area contributed by atoms with Crippen LogP contribution in [0.2, 0.25) is 0 Å². The van der Waals surface area contributed by atoms with Gasteiger partial charge in [0.25, 0.3) is 0 Å². The number of allylic oxidation sites excluding steroid dienone is 3. The minimum Gasteiger partial charge on any atom is -0.480 e. The molecule has 12 heteroatoms. The number of aliphatic carboxylic acids is 1. The number of esters is 4. The molecule has 0 radical (unpaired) electrons. The van der Waals surface area contributed by atoms with Crippen LogP contribution in [0.5, 0.6) is 0 Å². The van der Waals surface area contributed by atoms with Gasteiger partial charge in [0.1, 0.15) is 22.7 Å². The van der Waals surface area contributed by atoms with Gasteiger partial charge < -0.3 is 35.5 Å². The number of ether oxygens (including phenoxy) is 4. The number of nitrogens with two attached hydrogens (primary N) is 2. The van der Waals surface area contributed by atoms with Crippen molar-refractivity contribution in [3.8, 4) is 0 Å². The summed E-state index contributed by atoms with van der Waals surface area (Å²) in [6.07, 6.45) is 29.0. The van der Waals surface area contributed by atoms with Crippen molar-refractivity contribution in [2.24, 2.45) is 28.7 Å². The van der Waals surface area contributed by atoms with Crippen LogP contribution in [-0.4, -0.2) is 72.5 Å². The fourth-order valence-corrected chi connectivity index (χ4v) is 8.96. The Hall–Kier alpha value is -3.51. The average molecular weight is 831 g/mol. The third-order valence-electron chi connectivity index (χ3n) is 12.4. The van der Waals surface area contributed by atoms with Gasteiger partial charge in [-0.15, -0.1) is 0 Å². The van der Waals surface area contributed by atoms with E-state index in [9.17, 15) is 24.0 Å². The Bertz CT molecular complexity index is 1440. The molecule has 2 bridgehead atoms. The van der Waals surface area contributed by atoms with Crippen molar-refractivity contribution in [1.29, 1.82) is 0 Å². The van der Waals surface area contributed by atoms with E-state index in [-0.39, 0.29) is 18.3 Å². The molecule has 2 fully saturated rings. The number of rotatable bonds is 26. The fourth-order valence-electron chi connectivity index (χ4n) is 8.96. The van der Waals surface area contributed by atoms with Crippen molar-refractivity contribution >= 4 is 29.8 Å². The largest absolute Gasteiger partial charge is 0.480 e. The summed E-state index contributed by atoms with van der Waals surface area (Å²) >= 11 is 0. The van der Waals surface area contributed by atoms with Gasteiger partial charge in [-0.3, -0.25) is 14.4 Å². The first-order chi connectivity index (χ1) is 28.1. The second-order valence-corrected chi connectivity index (χ2v) is 17.5. The van der Waals surface area contributed by atoms with Crippen molar-refractivity contribution in [2.45, 2.75) is 193 Å². The molecule has 2 aliphatic carbocycles. The van der Waals surface area contributed by atoms with Crippen LogP contribution in [-0.2, 0) is 42.9 Å². The minimum atomic E-state index is -1.12. The summed E-state index contributed by atoms with van der Waals surface area (Å²) in [6, 6.07) is -0.716. The Labute approximate surface area is 354 Å². The number of carbonyl (C=O) groups excluding carboxylic acids is 4. The maximum absolute atomic E-state index is 13.8. The summed E-state index contributed by atoms with van der Waals surface area (Å²) in [5, 5.41) is 8.33. The van der Waals surface area contributed by atoms with E-state index in [0.717, 1.165) is 31.6 Å². The van der Waals surface area contributed by atoms with Gasteiger partial charge in [-0.1, -0.05) is 122 Å². The lowest BCUT2D eigenvalue weighted by Crippen LogP contribution is -2.65. The number of unbranched alkanes of at least 4 members (excludes halogenated alkanes) is 13. The molecule has 0 aromatic rings. The van der Waals surface area contributed by atoms with E-state index in [1.807, 2.05) is 6.92 Å². The molecule has 1 saturated carbocycles. The zero-order valence-corrected chi connectivity index (χ0v) is 37.3. The number of carboxylic acid groups (broad SMARTS) is 1. The topological polar surface area (TPSA) is 195 Å². The van der Waals surface area contributed by atoms with E-state index in [2.05, 4.69) is 13.8 Å². The van der Waals surface area contributed by atoms with Gasteiger partial charge in [-0.2, -0.15) is 0 Å². The van der Waals surface area contributed by atoms with Crippen molar-refractivity contribution in [3.05, 3.63) is 35.5 Å². The zero-order valence-electron chi connectivity index (χ0n) is 37.3. The predicted molar refractivity (Wildman–Crippen MR) is 230 cm³/mol. The Morgan fingerprint density at radius 3 is 2.02 bits per heavy atom. The molecule has 3 rings (SSSR count). The van der Waals surface area contributed by atoms with Gasteiger partial charge in [-0.25, -0.2) is 9.59 Å². The fraction of sp³-hybridized carbons (Fsp3) is 0.766. The molecule has 1 heterocycles. The van der Waals surface area contributed by atoms with Crippen molar-refractivity contribution in [2.75, 3.05) is 20.3 Å². The summed E-state index contributed by atoms with van der Waals surface area (Å²) in [4.78, 5) is 61.4. The van der Waals surface area contributed by atoms with Gasteiger partial charge in [-0.05, 0) is 83.8 Å². The molecule has 5 atom stereocenters. The Kier molecular flexibility index (Phi) is 23.3. The van der Waals surface area contributed by atoms with Crippen LogP contribution < -0.4 is 11.5 Å². The number of carbonyl (C=O) groups is 5. The molecule has 59 heavy (non-hydrogen) atoms. The highest BCUT2D eigenvalue weighted by atomic mass is 16.6. The molecule has 0 aromatic carbocycles. The summed E-state index contributed by atoms with van der Waals surface area (Å²) in [6.45, 7) is 10.5. The molecule has 1 saturated heterocycles. The minimum absolute atomic E-state index is 0.240. The summed E-state index contributed by atoms with van der Waals surface area (Å²) < 4.78 is 22.7. The van der Waals surface area contributed by atoms with Gasteiger partial charge in [0.2, 0.25) is 0 Å². The van der Waals surface area contributed by atoms with E-state index in [1.54, 1.807) is 31.2 Å². The molecule has 336 valence electrons. The Balaban J connectivity index is 0.00000106. The summed E-state index contributed by atoms with van der Waals surface area (Å²) in [7, 11) is 1.33. The first-order valence-electron chi connectivity index (χ1n) is 22.5. The molecule has 1 aliphatic heterocycles. The van der Waals surface area contributed by atoms with Crippen molar-refractivity contribution in [3.63, 3.8) is 0 Å². The number of hydrogen-bond donors (Lipinski definition) is 3. The molecule has 0 aromatic heterocycles. The maximum atomic E-state index is 13.8. The van der Waals surface area contributed by atoms with E-state index >= 15 is 0 Å². The monoisotopic (exact) mass is 831 g/mol. The van der Waals surface area contributed by atoms with Gasteiger partial charge in [0.15, 0.2) is 0 Å². The predicted octanol–water partition coefficient (Wildman–Crippen LogP) is 8.97. The van der Waals surface area contributed by atoms with Gasteiger partial charge in [0.05, 0.1) is 13.7 Å². The second-order valence-electron chi connectivity index (χ2n) is 17.5. The number of cyclic esters (lactones) is 1. The lowest BCUT2D eigenvalue weighted by atomic mass is 9.62. The molecule has 5 N–H and O–H groups in total. The summed E-state index contributed by atoms with van der Waals surface area (Å²) in [5.41, 5.74) is 8.09. The van der Waals surface area contributed by atoms with E-state index in [1.165, 1.54) is 91.1 Å². The van der Waals surface area contributed by atoms with Gasteiger partial charge >= 0.3 is 29.8 Å². The Morgan fingerprint density at radius 1 is 0.898 bits per heavy atom. The molecule has 3 aliphatic rings. The summed E-state index contributed by atoms with van der Waals surface area (Å²) in [5.74, 6) is -2.13. The second kappa shape index (κ2) is 26.6. The first-order valence-corrected chi connectivity index (χ1v) is 22.5. The van der Waals surface area contributed by atoms with Crippen molar-refractivity contribution in [1.82, 2.24) is 0 Å². The Morgan fingerprint density at radius 2 is 1.47 bits per heavy atom. The number of methoxy groups -OCH3 is 1. The van der Waals surface area contributed by atoms with E-state index in [4.69, 9.17) is 35.5 Å². The molecule has 0 spiro atoms. The molecule has 1 unspecified atom stereocenters. The maximum Gasteiger partial charge on any atom is 0.333 e. The van der Waals surface area contributed by atoms with Crippen LogP contribution >= 0.6 is 0 Å². The van der Waals surface area contributed by atoms with Crippen LogP contribution in [0.15, 0.2) is 35.5 Å². The third-order valence-corrected chi connectivity index (χ3v) is 12.4. The van der Waals surface area contributed by atoms with E-state index < -0.39 is 46.5 Å². The van der Waals surface area contributed by atoms with Crippen LogP contribution in [0.25, 0.3) is 0 Å². The van der Waals surface area contributed by atoms with Crippen LogP contribution in [0.1, 0.15) is 176 Å². The lowest BCUT2D eigenvalue weighted by Gasteiger charge is -2.54. The average Bonchev–Trinajstić information content (AvgIpc) is 3.33. The van der Waals surface area contributed by atoms with Crippen LogP contribution in [0.4, 0.5) is 0 Å². The van der Waals surface area contributed by atoms with E-state index in [0.29, 0.717) is 56.4 Å². The van der Waals surface area contributed by atoms with Crippen LogP contribution in [0.3, 0.4) is 0 Å². The normalized spacial score (nSPS) is 24.3. The number of hydrogen-bond acceptors (Lipinski definition) is 11. The molecule has 12 nitrogen and oxygen atoms in total. The van der Waals surface area contributed by atoms with Crippen molar-refractivity contribution < 1.29 is 48.0 Å². The standard InChI is InChI=1S/C41H64O8.C6H14N2O2/c1-31(2)21-18-16-14-12-10-8-7-9-11-13-15-17-19-30-47-36(43)32(3)22-20-26-39(5)35-25-28-40(38(45)49-39)27-23-34(37(44)46-6)24-29-41(35,40)48-33(4)42;7-4-2-1-3-5(8)6(9)10/h20,22-23,26,31,35H,7-19,21,24-25,27-30H2,1-6H3;5H,1-4,7-8H2,(H,9,10)/b26-20+,32-22+;/t35-,39+,40+,41-;/m0./s1. The van der Waals surface area contributed by atoms with Crippen LogP contribution in [0, 0.1) is 17.3 Å². The quantitative estimate of drug-likeness (QED) is 0.0247. The highest BCUT2D eigenvalue weighted by Gasteiger charge is 2.74. The highest BCUT2D eigenvalue weighted by Crippen LogP contribution is 2.65. The number of carboxylic acids is 1. The molecular weight excluding hydrogens is 753 g/mol.